The minimum absolute atomic E-state index is 0.119. The Morgan fingerprint density at radius 1 is 1.10 bits per heavy atom. The highest BCUT2D eigenvalue weighted by molar-refractivity contribution is 7.13. The van der Waals surface area contributed by atoms with Crippen molar-refractivity contribution < 1.29 is 9.18 Å². The van der Waals surface area contributed by atoms with Gasteiger partial charge in [-0.3, -0.25) is 14.2 Å². The third kappa shape index (κ3) is 4.51. The van der Waals surface area contributed by atoms with Gasteiger partial charge in [0.2, 0.25) is 0 Å². The summed E-state index contributed by atoms with van der Waals surface area (Å²) in [6.45, 7) is -0.164. The molecule has 7 nitrogen and oxygen atoms in total. The van der Waals surface area contributed by atoms with Crippen molar-refractivity contribution in [3.8, 4) is 10.6 Å². The lowest BCUT2D eigenvalue weighted by molar-refractivity contribution is 0.0947. The van der Waals surface area contributed by atoms with E-state index in [1.54, 1.807) is 6.07 Å². The molecule has 2 heterocycles. The highest BCUT2D eigenvalue weighted by atomic mass is 32.1. The quantitative estimate of drug-likeness (QED) is 0.486. The number of nitrogens with one attached hydrogen (secondary N) is 2. The molecule has 0 spiro atoms. The normalized spacial score (nSPS) is 10.7. The first-order chi connectivity index (χ1) is 15.0. The third-order valence-corrected chi connectivity index (χ3v) is 5.53. The monoisotopic (exact) mass is 436 g/mol. The van der Waals surface area contributed by atoms with Crippen LogP contribution in [0, 0.1) is 5.82 Å². The summed E-state index contributed by atoms with van der Waals surface area (Å²) in [6, 6.07) is 15.5. The number of amides is 1. The number of benzene rings is 2. The van der Waals surface area contributed by atoms with Crippen LogP contribution in [-0.2, 0) is 13.1 Å². The standard InChI is InChI=1S/C22H17FN4O3S/c23-18-9-5-4-8-15(18)12-27-21(29)17(11-25-22(27)30)19(28)24-10-16-13-31-20(26-16)14-6-2-1-3-7-14/h1-9,11,13H,10,12H2,(H,24,28)(H,25,30). The molecule has 4 aromatic rings. The lowest BCUT2D eigenvalue weighted by Gasteiger charge is -2.08. The summed E-state index contributed by atoms with van der Waals surface area (Å²) in [4.78, 5) is 44.2. The molecule has 0 aliphatic rings. The second-order valence-corrected chi connectivity index (χ2v) is 7.54. The molecule has 31 heavy (non-hydrogen) atoms. The third-order valence-electron chi connectivity index (χ3n) is 4.59. The highest BCUT2D eigenvalue weighted by Gasteiger charge is 2.16. The SMILES string of the molecule is O=C(NCc1csc(-c2ccccc2)n1)c1c[nH]c(=O)n(Cc2ccccc2F)c1=O. The van der Waals surface area contributed by atoms with Gasteiger partial charge in [0, 0.05) is 22.7 Å². The van der Waals surface area contributed by atoms with Crippen molar-refractivity contribution in [2.24, 2.45) is 0 Å². The number of halogens is 1. The summed E-state index contributed by atoms with van der Waals surface area (Å²) in [5.41, 5.74) is 0.0256. The fourth-order valence-corrected chi connectivity index (χ4v) is 3.81. The maximum Gasteiger partial charge on any atom is 0.328 e. The Morgan fingerprint density at radius 2 is 1.84 bits per heavy atom. The summed E-state index contributed by atoms with van der Waals surface area (Å²) < 4.78 is 14.7. The summed E-state index contributed by atoms with van der Waals surface area (Å²) in [5, 5.41) is 5.28. The van der Waals surface area contributed by atoms with Crippen LogP contribution in [0.4, 0.5) is 4.39 Å². The zero-order valence-electron chi connectivity index (χ0n) is 16.2. The number of thiazole rings is 1. The lowest BCUT2D eigenvalue weighted by atomic mass is 10.2. The Hall–Kier alpha value is -3.85. The molecule has 2 N–H and O–H groups in total. The van der Waals surface area contributed by atoms with Gasteiger partial charge in [0.25, 0.3) is 11.5 Å². The molecule has 0 saturated heterocycles. The van der Waals surface area contributed by atoms with E-state index >= 15 is 0 Å². The predicted octanol–water partition coefficient (Wildman–Crippen LogP) is 2.78. The molecule has 4 rings (SSSR count). The van der Waals surface area contributed by atoms with Crippen LogP contribution in [0.15, 0.2) is 75.8 Å². The number of carbonyl (C=O) groups is 1. The van der Waals surface area contributed by atoms with Crippen molar-refractivity contribution in [3.63, 3.8) is 0 Å². The minimum Gasteiger partial charge on any atom is -0.346 e. The van der Waals surface area contributed by atoms with Crippen LogP contribution in [-0.4, -0.2) is 20.4 Å². The van der Waals surface area contributed by atoms with Gasteiger partial charge in [-0.1, -0.05) is 48.5 Å². The summed E-state index contributed by atoms with van der Waals surface area (Å²) in [6.07, 6.45) is 1.06. The van der Waals surface area contributed by atoms with Gasteiger partial charge in [0.05, 0.1) is 18.8 Å². The highest BCUT2D eigenvalue weighted by Crippen LogP contribution is 2.23. The first-order valence-electron chi connectivity index (χ1n) is 9.37. The Balaban J connectivity index is 1.50. The number of carbonyl (C=O) groups excluding carboxylic acids is 1. The van der Waals surface area contributed by atoms with E-state index < -0.39 is 23.0 Å². The molecule has 156 valence electrons. The molecule has 0 aliphatic heterocycles. The van der Waals surface area contributed by atoms with Crippen molar-refractivity contribution in [2.75, 3.05) is 0 Å². The number of hydrogen-bond acceptors (Lipinski definition) is 5. The smallest absolute Gasteiger partial charge is 0.328 e. The van der Waals surface area contributed by atoms with Gasteiger partial charge in [0.1, 0.15) is 16.4 Å². The summed E-state index contributed by atoms with van der Waals surface area (Å²) in [7, 11) is 0. The zero-order valence-corrected chi connectivity index (χ0v) is 17.0. The Bertz CT molecular complexity index is 1340. The topological polar surface area (TPSA) is 96.8 Å². The Labute approximate surface area is 179 Å². The van der Waals surface area contributed by atoms with Crippen molar-refractivity contribution in [3.05, 3.63) is 110 Å². The van der Waals surface area contributed by atoms with E-state index in [0.717, 1.165) is 21.3 Å². The molecular weight excluding hydrogens is 419 g/mol. The van der Waals surface area contributed by atoms with Crippen LogP contribution in [0.2, 0.25) is 0 Å². The molecule has 0 radical (unpaired) electrons. The molecule has 0 aliphatic carbocycles. The number of nitrogens with zero attached hydrogens (tertiary/aromatic N) is 2. The van der Waals surface area contributed by atoms with E-state index in [9.17, 15) is 18.8 Å². The van der Waals surface area contributed by atoms with Gasteiger partial charge in [-0.05, 0) is 6.07 Å². The fourth-order valence-electron chi connectivity index (χ4n) is 2.98. The number of rotatable bonds is 6. The van der Waals surface area contributed by atoms with E-state index in [1.807, 2.05) is 35.7 Å². The van der Waals surface area contributed by atoms with Crippen molar-refractivity contribution in [2.45, 2.75) is 13.1 Å². The van der Waals surface area contributed by atoms with Crippen molar-refractivity contribution in [1.29, 1.82) is 0 Å². The molecule has 1 amide bonds. The maximum atomic E-state index is 13.9. The molecule has 0 atom stereocenters. The van der Waals surface area contributed by atoms with Crippen LogP contribution >= 0.6 is 11.3 Å². The fraction of sp³-hybridized carbons (Fsp3) is 0.0909. The maximum absolute atomic E-state index is 13.9. The lowest BCUT2D eigenvalue weighted by Crippen LogP contribution is -2.40. The van der Waals surface area contributed by atoms with Gasteiger partial charge >= 0.3 is 5.69 Å². The van der Waals surface area contributed by atoms with E-state index in [1.165, 1.54) is 29.5 Å². The molecule has 0 fully saturated rings. The number of aromatic nitrogens is 3. The number of hydrogen-bond donors (Lipinski definition) is 2. The molecule has 0 saturated carbocycles. The van der Waals surface area contributed by atoms with E-state index in [4.69, 9.17) is 0 Å². The van der Waals surface area contributed by atoms with E-state index in [0.29, 0.717) is 5.69 Å². The van der Waals surface area contributed by atoms with Crippen LogP contribution in [0.25, 0.3) is 10.6 Å². The second kappa shape index (κ2) is 8.88. The summed E-state index contributed by atoms with van der Waals surface area (Å²) in [5.74, 6) is -1.20. The molecule has 0 bridgehead atoms. The van der Waals surface area contributed by atoms with Crippen LogP contribution in [0.5, 0.6) is 0 Å². The van der Waals surface area contributed by atoms with Crippen LogP contribution in [0.3, 0.4) is 0 Å². The van der Waals surface area contributed by atoms with Crippen molar-refractivity contribution >= 4 is 17.2 Å². The molecule has 0 unspecified atom stereocenters. The van der Waals surface area contributed by atoms with Gasteiger partial charge in [0.15, 0.2) is 0 Å². The zero-order chi connectivity index (χ0) is 21.8. The van der Waals surface area contributed by atoms with Gasteiger partial charge < -0.3 is 10.3 Å². The van der Waals surface area contributed by atoms with Gasteiger partial charge in [-0.2, -0.15) is 0 Å². The summed E-state index contributed by atoms with van der Waals surface area (Å²) >= 11 is 1.45. The molecule has 2 aromatic carbocycles. The molecule has 9 heteroatoms. The second-order valence-electron chi connectivity index (χ2n) is 6.68. The average Bonchev–Trinajstić information content (AvgIpc) is 3.26. The van der Waals surface area contributed by atoms with E-state index in [-0.39, 0.29) is 24.2 Å². The Morgan fingerprint density at radius 3 is 2.61 bits per heavy atom. The largest absolute Gasteiger partial charge is 0.346 e. The average molecular weight is 436 g/mol. The Kier molecular flexibility index (Phi) is 5.85. The van der Waals surface area contributed by atoms with Crippen LogP contribution in [0.1, 0.15) is 21.6 Å². The number of H-pyrrole nitrogens is 1. The van der Waals surface area contributed by atoms with E-state index in [2.05, 4.69) is 15.3 Å². The number of aromatic amines is 1. The van der Waals surface area contributed by atoms with Crippen LogP contribution < -0.4 is 16.6 Å². The minimum atomic E-state index is -0.798. The van der Waals surface area contributed by atoms with Gasteiger partial charge in [-0.15, -0.1) is 11.3 Å². The van der Waals surface area contributed by atoms with Gasteiger partial charge in [-0.25, -0.2) is 14.2 Å². The molecule has 2 aromatic heterocycles. The predicted molar refractivity (Wildman–Crippen MR) is 116 cm³/mol. The first-order valence-corrected chi connectivity index (χ1v) is 10.2. The van der Waals surface area contributed by atoms with Crippen molar-refractivity contribution in [1.82, 2.24) is 19.9 Å². The first kappa shape index (κ1) is 20.4. The molecular formula is C22H17FN4O3S.